The minimum atomic E-state index is -0.495. The van der Waals surface area contributed by atoms with Crippen LogP contribution in [0.4, 0.5) is 0 Å². The van der Waals surface area contributed by atoms with Crippen molar-refractivity contribution in [2.24, 2.45) is 5.73 Å². The SMILES string of the molecule is C=C(C(=O)CCC(N)=O)c1ccccc1C#Cc1ccccc1CC. The number of aryl methyl sites for hydroxylation is 1. The van der Waals surface area contributed by atoms with Gasteiger partial charge in [-0.3, -0.25) is 9.59 Å². The number of ketones is 1. The summed E-state index contributed by atoms with van der Waals surface area (Å²) in [6.07, 6.45) is 0.995. The van der Waals surface area contributed by atoms with Gasteiger partial charge in [-0.05, 0) is 24.1 Å². The van der Waals surface area contributed by atoms with Crippen LogP contribution in [0.25, 0.3) is 5.57 Å². The third-order valence-electron chi connectivity index (χ3n) is 3.92. The summed E-state index contributed by atoms with van der Waals surface area (Å²) in [7, 11) is 0. The molecule has 0 aliphatic rings. The molecule has 0 radical (unpaired) electrons. The summed E-state index contributed by atoms with van der Waals surface area (Å²) in [6.45, 7) is 5.97. The van der Waals surface area contributed by atoms with Crippen molar-refractivity contribution in [3.05, 3.63) is 77.4 Å². The number of primary amides is 1. The number of Topliss-reactive ketones (excluding diaryl/α,β-unsaturated/α-hetero) is 1. The molecular weight excluding hydrogens is 310 g/mol. The van der Waals surface area contributed by atoms with Gasteiger partial charge in [-0.25, -0.2) is 0 Å². The average molecular weight is 331 g/mol. The molecular formula is C22H21NO2. The van der Waals surface area contributed by atoms with Crippen LogP contribution in [0.15, 0.2) is 55.1 Å². The predicted molar refractivity (Wildman–Crippen MR) is 101 cm³/mol. The van der Waals surface area contributed by atoms with Crippen LogP contribution in [-0.2, 0) is 16.0 Å². The smallest absolute Gasteiger partial charge is 0.217 e. The van der Waals surface area contributed by atoms with E-state index in [2.05, 4.69) is 31.4 Å². The van der Waals surface area contributed by atoms with Gasteiger partial charge in [0.25, 0.3) is 0 Å². The van der Waals surface area contributed by atoms with E-state index < -0.39 is 5.91 Å². The van der Waals surface area contributed by atoms with Gasteiger partial charge in [0.1, 0.15) is 0 Å². The van der Waals surface area contributed by atoms with Gasteiger partial charge in [0.05, 0.1) is 0 Å². The second-order valence-electron chi connectivity index (χ2n) is 5.67. The molecule has 0 unspecified atom stereocenters. The molecule has 2 N–H and O–H groups in total. The maximum atomic E-state index is 12.2. The van der Waals surface area contributed by atoms with Gasteiger partial charge in [0.15, 0.2) is 5.78 Å². The lowest BCUT2D eigenvalue weighted by Gasteiger charge is -2.07. The number of hydrogen-bond donors (Lipinski definition) is 1. The van der Waals surface area contributed by atoms with Crippen molar-refractivity contribution in [3.8, 4) is 11.8 Å². The van der Waals surface area contributed by atoms with Gasteiger partial charge in [0.2, 0.25) is 5.91 Å². The summed E-state index contributed by atoms with van der Waals surface area (Å²) in [5.74, 6) is 5.65. The zero-order valence-corrected chi connectivity index (χ0v) is 14.3. The van der Waals surface area contributed by atoms with E-state index in [1.54, 1.807) is 0 Å². The van der Waals surface area contributed by atoms with E-state index in [1.807, 2.05) is 42.5 Å². The van der Waals surface area contributed by atoms with E-state index >= 15 is 0 Å². The second kappa shape index (κ2) is 8.65. The molecule has 126 valence electrons. The Balaban J connectivity index is 2.30. The highest BCUT2D eigenvalue weighted by Crippen LogP contribution is 2.20. The summed E-state index contributed by atoms with van der Waals surface area (Å²) >= 11 is 0. The molecule has 25 heavy (non-hydrogen) atoms. The first kappa shape index (κ1) is 18.2. The summed E-state index contributed by atoms with van der Waals surface area (Å²) in [6, 6.07) is 15.4. The Hall–Kier alpha value is -3.12. The van der Waals surface area contributed by atoms with Gasteiger partial charge in [-0.15, -0.1) is 0 Å². The highest BCUT2D eigenvalue weighted by Gasteiger charge is 2.13. The van der Waals surface area contributed by atoms with Gasteiger partial charge in [0, 0.05) is 35.1 Å². The third-order valence-corrected chi connectivity index (χ3v) is 3.92. The van der Waals surface area contributed by atoms with Crippen LogP contribution < -0.4 is 5.73 Å². The van der Waals surface area contributed by atoms with Crippen LogP contribution in [0.2, 0.25) is 0 Å². The minimum absolute atomic E-state index is 0.0234. The average Bonchev–Trinajstić information content (AvgIpc) is 2.64. The van der Waals surface area contributed by atoms with Crippen molar-refractivity contribution in [2.75, 3.05) is 0 Å². The fourth-order valence-corrected chi connectivity index (χ4v) is 2.48. The first-order valence-corrected chi connectivity index (χ1v) is 8.22. The molecule has 0 aliphatic heterocycles. The van der Waals surface area contributed by atoms with Crippen molar-refractivity contribution >= 4 is 17.3 Å². The lowest BCUT2D eigenvalue weighted by Crippen LogP contribution is -2.13. The fourth-order valence-electron chi connectivity index (χ4n) is 2.48. The molecule has 0 atom stereocenters. The highest BCUT2D eigenvalue weighted by molar-refractivity contribution is 6.21. The summed E-state index contributed by atoms with van der Waals surface area (Å²) in [5.41, 5.74) is 9.06. The van der Waals surface area contributed by atoms with Crippen LogP contribution >= 0.6 is 0 Å². The molecule has 0 saturated carbocycles. The number of allylic oxidation sites excluding steroid dienone is 1. The molecule has 2 aromatic rings. The molecule has 0 fully saturated rings. The van der Waals surface area contributed by atoms with E-state index in [0.29, 0.717) is 11.1 Å². The normalized spacial score (nSPS) is 9.80. The maximum absolute atomic E-state index is 12.2. The van der Waals surface area contributed by atoms with Gasteiger partial charge in [-0.2, -0.15) is 0 Å². The van der Waals surface area contributed by atoms with Gasteiger partial charge >= 0.3 is 0 Å². The van der Waals surface area contributed by atoms with E-state index in [0.717, 1.165) is 17.5 Å². The molecule has 0 aliphatic carbocycles. The molecule has 2 rings (SSSR count). The van der Waals surface area contributed by atoms with E-state index in [4.69, 9.17) is 5.73 Å². The second-order valence-corrected chi connectivity index (χ2v) is 5.67. The monoisotopic (exact) mass is 331 g/mol. The van der Waals surface area contributed by atoms with Crippen molar-refractivity contribution in [1.29, 1.82) is 0 Å². The molecule has 3 nitrogen and oxygen atoms in total. The lowest BCUT2D eigenvalue weighted by atomic mass is 9.95. The molecule has 1 amide bonds. The number of rotatable bonds is 6. The zero-order chi connectivity index (χ0) is 18.2. The van der Waals surface area contributed by atoms with Crippen molar-refractivity contribution in [2.45, 2.75) is 26.2 Å². The fraction of sp³-hybridized carbons (Fsp3) is 0.182. The molecule has 2 aromatic carbocycles. The number of amides is 1. The van der Waals surface area contributed by atoms with Crippen molar-refractivity contribution in [1.82, 2.24) is 0 Å². The van der Waals surface area contributed by atoms with Gasteiger partial charge in [-0.1, -0.05) is 61.7 Å². The Morgan fingerprint density at radius 2 is 1.56 bits per heavy atom. The minimum Gasteiger partial charge on any atom is -0.370 e. The maximum Gasteiger partial charge on any atom is 0.217 e. The van der Waals surface area contributed by atoms with Gasteiger partial charge < -0.3 is 5.73 Å². The highest BCUT2D eigenvalue weighted by atomic mass is 16.1. The van der Waals surface area contributed by atoms with E-state index in [9.17, 15) is 9.59 Å². The van der Waals surface area contributed by atoms with E-state index in [1.165, 1.54) is 5.56 Å². The lowest BCUT2D eigenvalue weighted by molar-refractivity contribution is -0.121. The topological polar surface area (TPSA) is 60.2 Å². The molecule has 0 aromatic heterocycles. The predicted octanol–water partition coefficient (Wildman–Crippen LogP) is 3.50. The Labute approximate surface area is 148 Å². The summed E-state index contributed by atoms with van der Waals surface area (Å²) in [4.78, 5) is 23.1. The zero-order valence-electron chi connectivity index (χ0n) is 14.3. The Morgan fingerprint density at radius 3 is 2.24 bits per heavy atom. The molecule has 0 spiro atoms. The first-order valence-electron chi connectivity index (χ1n) is 8.22. The largest absolute Gasteiger partial charge is 0.370 e. The Kier molecular flexibility index (Phi) is 6.31. The van der Waals surface area contributed by atoms with Crippen LogP contribution in [0.5, 0.6) is 0 Å². The quantitative estimate of drug-likeness (QED) is 0.650. The number of benzene rings is 2. The number of hydrogen-bond acceptors (Lipinski definition) is 2. The van der Waals surface area contributed by atoms with Crippen LogP contribution in [0.1, 0.15) is 42.0 Å². The Bertz CT molecular complexity index is 869. The summed E-state index contributed by atoms with van der Waals surface area (Å²) in [5, 5.41) is 0. The molecule has 0 saturated heterocycles. The third kappa shape index (κ3) is 4.92. The molecule has 0 heterocycles. The standard InChI is InChI=1S/C22H21NO2/c1-3-17-8-4-5-9-18(17)12-13-19-10-6-7-11-20(19)16(2)21(24)14-15-22(23)25/h4-11H,2-3,14-15H2,1H3,(H2,23,25). The molecule has 0 bridgehead atoms. The van der Waals surface area contributed by atoms with E-state index in [-0.39, 0.29) is 18.6 Å². The van der Waals surface area contributed by atoms with Crippen molar-refractivity contribution < 1.29 is 9.59 Å². The van der Waals surface area contributed by atoms with Crippen molar-refractivity contribution in [3.63, 3.8) is 0 Å². The first-order chi connectivity index (χ1) is 12.0. The number of carbonyl (C=O) groups is 2. The van der Waals surface area contributed by atoms with Crippen LogP contribution in [0.3, 0.4) is 0 Å². The van der Waals surface area contributed by atoms with Crippen LogP contribution in [-0.4, -0.2) is 11.7 Å². The summed E-state index contributed by atoms with van der Waals surface area (Å²) < 4.78 is 0. The number of nitrogens with two attached hydrogens (primary N) is 1. The van der Waals surface area contributed by atoms with Crippen LogP contribution in [0, 0.1) is 11.8 Å². The molecule has 3 heteroatoms. The Morgan fingerprint density at radius 1 is 0.960 bits per heavy atom. The number of carbonyl (C=O) groups excluding carboxylic acids is 2.